The van der Waals surface area contributed by atoms with Crippen molar-refractivity contribution < 1.29 is 14.2 Å². The molecule has 0 radical (unpaired) electrons. The summed E-state index contributed by atoms with van der Waals surface area (Å²) in [5.41, 5.74) is 5.04. The van der Waals surface area contributed by atoms with Gasteiger partial charge >= 0.3 is 0 Å². The molecule has 3 heterocycles. The summed E-state index contributed by atoms with van der Waals surface area (Å²) in [6.07, 6.45) is 6.13. The van der Waals surface area contributed by atoms with Crippen LogP contribution in [0, 0.1) is 23.1 Å². The molecule has 1 unspecified atom stereocenters. The monoisotopic (exact) mass is 497 g/mol. The first kappa shape index (κ1) is 23.6. The predicted octanol–water partition coefficient (Wildman–Crippen LogP) is 4.77. The number of aryl methyl sites for hydroxylation is 1. The number of benzene rings is 2. The molecule has 1 N–H and O–H groups in total. The normalized spacial score (nSPS) is 19.6. The summed E-state index contributed by atoms with van der Waals surface area (Å²) < 4.78 is 23.4. The third kappa shape index (κ3) is 4.35. The number of imidazole rings is 1. The number of nitriles is 1. The molecule has 1 saturated heterocycles. The number of aromatic nitrogens is 3. The summed E-state index contributed by atoms with van der Waals surface area (Å²) >= 11 is 0. The van der Waals surface area contributed by atoms with E-state index in [9.17, 15) is 10.4 Å². The number of hydrogen-bond donors (Lipinski definition) is 1. The molecule has 0 amide bonds. The number of rotatable bonds is 5. The zero-order valence-corrected chi connectivity index (χ0v) is 20.7. The number of nitrogens with zero attached hydrogens (tertiary/aromatic N) is 5. The number of likely N-dealkylation sites (tertiary alicyclic amines) is 1. The Morgan fingerprint density at radius 3 is 2.81 bits per heavy atom. The molecular weight excluding hydrogens is 469 g/mol. The molecule has 188 valence electrons. The lowest BCUT2D eigenvalue weighted by Crippen LogP contribution is -2.34. The predicted molar refractivity (Wildman–Crippen MR) is 138 cm³/mol. The molecule has 2 aromatic heterocycles. The summed E-state index contributed by atoms with van der Waals surface area (Å²) in [6.45, 7) is 2.62. The van der Waals surface area contributed by atoms with Crippen LogP contribution in [0.5, 0.6) is 5.88 Å². The minimum absolute atomic E-state index is 0.385. The SMILES string of the molecule is CN1CCC[C@@H](COc2nc(-c3ccc(C#N)cc3)c(-c3cc(F)c4c(c3)CCC4O)n3ccnc23)C1. The van der Waals surface area contributed by atoms with Gasteiger partial charge in [0, 0.05) is 41.5 Å². The Hall–Kier alpha value is -3.80. The second kappa shape index (κ2) is 9.58. The van der Waals surface area contributed by atoms with Crippen LogP contribution in [0.15, 0.2) is 48.8 Å². The van der Waals surface area contributed by atoms with Crippen molar-refractivity contribution in [1.29, 1.82) is 5.26 Å². The molecule has 0 spiro atoms. The first-order valence-electron chi connectivity index (χ1n) is 12.7. The van der Waals surface area contributed by atoms with Crippen LogP contribution >= 0.6 is 0 Å². The van der Waals surface area contributed by atoms with E-state index in [-0.39, 0.29) is 0 Å². The van der Waals surface area contributed by atoms with Gasteiger partial charge in [-0.15, -0.1) is 0 Å². The summed E-state index contributed by atoms with van der Waals surface area (Å²) in [5, 5.41) is 19.5. The Bertz CT molecular complexity index is 1510. The van der Waals surface area contributed by atoms with Crippen LogP contribution in [-0.4, -0.2) is 51.1 Å². The Morgan fingerprint density at radius 1 is 1.19 bits per heavy atom. The van der Waals surface area contributed by atoms with Crippen LogP contribution < -0.4 is 4.74 Å². The van der Waals surface area contributed by atoms with E-state index in [2.05, 4.69) is 23.0 Å². The van der Waals surface area contributed by atoms with Crippen LogP contribution in [0.1, 0.15) is 42.1 Å². The molecule has 1 fully saturated rings. The second-order valence-corrected chi connectivity index (χ2v) is 10.1. The zero-order valence-electron chi connectivity index (χ0n) is 20.7. The van der Waals surface area contributed by atoms with Gasteiger partial charge in [-0.25, -0.2) is 14.4 Å². The van der Waals surface area contributed by atoms with Gasteiger partial charge in [-0.2, -0.15) is 5.26 Å². The highest BCUT2D eigenvalue weighted by Gasteiger charge is 2.27. The quantitative estimate of drug-likeness (QED) is 0.427. The van der Waals surface area contributed by atoms with Gasteiger partial charge in [0.1, 0.15) is 5.82 Å². The second-order valence-electron chi connectivity index (χ2n) is 10.1. The number of piperidine rings is 1. The number of fused-ring (bicyclic) bond motifs is 2. The van der Waals surface area contributed by atoms with Gasteiger partial charge < -0.3 is 14.7 Å². The molecule has 2 aromatic carbocycles. The van der Waals surface area contributed by atoms with Crippen LogP contribution in [0.4, 0.5) is 4.39 Å². The third-order valence-corrected chi connectivity index (χ3v) is 7.48. The molecule has 4 aromatic rings. The van der Waals surface area contributed by atoms with Gasteiger partial charge in [0.05, 0.1) is 35.7 Å². The summed E-state index contributed by atoms with van der Waals surface area (Å²) in [7, 11) is 2.13. The average molecular weight is 498 g/mol. The van der Waals surface area contributed by atoms with Crippen molar-refractivity contribution in [2.24, 2.45) is 5.92 Å². The van der Waals surface area contributed by atoms with Gasteiger partial charge in [0.25, 0.3) is 5.88 Å². The number of ether oxygens (including phenoxy) is 1. The van der Waals surface area contributed by atoms with Crippen LogP contribution in [0.2, 0.25) is 0 Å². The van der Waals surface area contributed by atoms with Crippen molar-refractivity contribution in [3.63, 3.8) is 0 Å². The maximum Gasteiger partial charge on any atom is 0.259 e. The third-order valence-electron chi connectivity index (χ3n) is 7.48. The lowest BCUT2D eigenvalue weighted by Gasteiger charge is -2.29. The van der Waals surface area contributed by atoms with E-state index in [0.717, 1.165) is 37.1 Å². The highest BCUT2D eigenvalue weighted by Crippen LogP contribution is 2.40. The topological polar surface area (TPSA) is 86.7 Å². The van der Waals surface area contributed by atoms with E-state index in [1.54, 1.807) is 18.3 Å². The van der Waals surface area contributed by atoms with E-state index in [1.165, 1.54) is 6.07 Å². The minimum atomic E-state index is -0.775. The molecule has 1 aliphatic heterocycles. The maximum absolute atomic E-state index is 15.2. The molecule has 6 rings (SSSR count). The van der Waals surface area contributed by atoms with E-state index < -0.39 is 11.9 Å². The average Bonchev–Trinajstić information content (AvgIpc) is 3.54. The maximum atomic E-state index is 15.2. The van der Waals surface area contributed by atoms with Crippen molar-refractivity contribution in [3.05, 3.63) is 71.3 Å². The lowest BCUT2D eigenvalue weighted by molar-refractivity contribution is 0.148. The Balaban J connectivity index is 1.49. The standard InChI is InChI=1S/C29H28FN5O2/c1-34-11-2-3-19(16-34)17-37-29-28-32-10-12-35(28)27(26(33-29)20-6-4-18(15-31)5-7-20)22-13-21-8-9-24(36)25(21)23(30)14-22/h4-7,10,12-14,19,24,36H,2-3,8-9,11,16-17H2,1H3/t19-,24?/m1/s1. The number of halogens is 1. The Labute approximate surface area is 214 Å². The lowest BCUT2D eigenvalue weighted by atomic mass is 9.98. The Kier molecular flexibility index (Phi) is 6.11. The van der Waals surface area contributed by atoms with Crippen molar-refractivity contribution in [2.45, 2.75) is 31.8 Å². The Morgan fingerprint density at radius 2 is 2.03 bits per heavy atom. The molecule has 8 heteroatoms. The van der Waals surface area contributed by atoms with Gasteiger partial charge in [-0.3, -0.25) is 4.40 Å². The summed E-state index contributed by atoms with van der Waals surface area (Å²) in [6, 6.07) is 12.7. The first-order valence-corrected chi connectivity index (χ1v) is 12.7. The smallest absolute Gasteiger partial charge is 0.259 e. The molecule has 0 bridgehead atoms. The molecule has 2 aliphatic rings. The molecule has 37 heavy (non-hydrogen) atoms. The molecule has 7 nitrogen and oxygen atoms in total. The zero-order chi connectivity index (χ0) is 25.5. The number of aliphatic hydroxyl groups is 1. The highest BCUT2D eigenvalue weighted by atomic mass is 19.1. The van der Waals surface area contributed by atoms with Gasteiger partial charge in [0.15, 0.2) is 0 Å². The van der Waals surface area contributed by atoms with E-state index >= 15 is 4.39 Å². The van der Waals surface area contributed by atoms with Gasteiger partial charge in [-0.1, -0.05) is 12.1 Å². The van der Waals surface area contributed by atoms with Crippen LogP contribution in [0.3, 0.4) is 0 Å². The van der Waals surface area contributed by atoms with Gasteiger partial charge in [0.2, 0.25) is 5.65 Å². The fourth-order valence-corrected chi connectivity index (χ4v) is 5.67. The highest BCUT2D eigenvalue weighted by molar-refractivity contribution is 5.82. The minimum Gasteiger partial charge on any atom is -0.475 e. The van der Waals surface area contributed by atoms with Crippen LogP contribution in [0.25, 0.3) is 28.2 Å². The van der Waals surface area contributed by atoms with E-state index in [4.69, 9.17) is 9.72 Å². The number of aliphatic hydroxyl groups excluding tert-OH is 1. The number of hydrogen-bond acceptors (Lipinski definition) is 6. The van der Waals surface area contributed by atoms with Crippen molar-refractivity contribution in [2.75, 3.05) is 26.7 Å². The van der Waals surface area contributed by atoms with Crippen molar-refractivity contribution in [1.82, 2.24) is 19.3 Å². The largest absolute Gasteiger partial charge is 0.475 e. The first-order chi connectivity index (χ1) is 18.0. The molecule has 1 aliphatic carbocycles. The molecule has 2 atom stereocenters. The van der Waals surface area contributed by atoms with Gasteiger partial charge in [-0.05, 0) is 69.1 Å². The fraction of sp³-hybridized carbons (Fsp3) is 0.345. The molecular formula is C29H28FN5O2. The summed E-state index contributed by atoms with van der Waals surface area (Å²) in [5.74, 6) is 0.419. The van der Waals surface area contributed by atoms with E-state index in [1.807, 2.05) is 28.8 Å². The van der Waals surface area contributed by atoms with Crippen LogP contribution in [-0.2, 0) is 6.42 Å². The molecule has 0 saturated carbocycles. The fourth-order valence-electron chi connectivity index (χ4n) is 5.67. The van der Waals surface area contributed by atoms with E-state index in [0.29, 0.717) is 65.0 Å². The summed E-state index contributed by atoms with van der Waals surface area (Å²) in [4.78, 5) is 11.8. The van der Waals surface area contributed by atoms with Crippen molar-refractivity contribution >= 4 is 5.65 Å². The van der Waals surface area contributed by atoms with Crippen molar-refractivity contribution in [3.8, 4) is 34.5 Å².